The molecule has 4 heteroatoms. The summed E-state index contributed by atoms with van der Waals surface area (Å²) in [6, 6.07) is 8.92. The van der Waals surface area contributed by atoms with E-state index in [9.17, 15) is 4.79 Å². The van der Waals surface area contributed by atoms with Crippen molar-refractivity contribution in [2.45, 2.75) is 20.3 Å². The molecule has 0 heterocycles. The molecule has 1 rings (SSSR count). The van der Waals surface area contributed by atoms with Crippen molar-refractivity contribution in [2.75, 3.05) is 7.11 Å². The second kappa shape index (κ2) is 7.94. The van der Waals surface area contributed by atoms with Gasteiger partial charge in [0, 0.05) is 23.0 Å². The first-order valence-corrected chi connectivity index (χ1v) is 6.76. The van der Waals surface area contributed by atoms with Crippen LogP contribution in [-0.2, 0) is 4.74 Å². The van der Waals surface area contributed by atoms with Gasteiger partial charge in [0.1, 0.15) is 5.76 Å². The predicted octanol–water partition coefficient (Wildman–Crippen LogP) is 3.10. The highest BCUT2D eigenvalue weighted by Gasteiger charge is 2.09. The number of carbonyl (C=O) groups excluding carboxylic acids is 1. The summed E-state index contributed by atoms with van der Waals surface area (Å²) < 4.78 is 5.14. The van der Waals surface area contributed by atoms with Gasteiger partial charge in [0.05, 0.1) is 12.8 Å². The molecule has 21 heavy (non-hydrogen) atoms. The second-order valence-electron chi connectivity index (χ2n) is 4.52. The molecule has 1 aromatic rings. The van der Waals surface area contributed by atoms with E-state index in [0.717, 1.165) is 17.7 Å². The maximum atomic E-state index is 12.1. The number of hydrogen-bond donors (Lipinski definition) is 2. The Morgan fingerprint density at radius 1 is 1.38 bits per heavy atom. The Labute approximate surface area is 126 Å². The summed E-state index contributed by atoms with van der Waals surface area (Å²) in [5.41, 5.74) is 8.34. The van der Waals surface area contributed by atoms with Crippen LogP contribution in [0.15, 0.2) is 65.8 Å². The van der Waals surface area contributed by atoms with Gasteiger partial charge in [-0.3, -0.25) is 4.79 Å². The number of Topliss-reactive ketones (excluding diaryl/α,β-unsaturated/α-hetero) is 1. The van der Waals surface area contributed by atoms with Gasteiger partial charge < -0.3 is 15.8 Å². The number of rotatable bonds is 7. The highest BCUT2D eigenvalue weighted by Crippen LogP contribution is 2.16. The predicted molar refractivity (Wildman–Crippen MR) is 85.3 cm³/mol. The molecule has 0 saturated carbocycles. The molecule has 112 valence electrons. The monoisotopic (exact) mass is 286 g/mol. The molecule has 3 N–H and O–H groups in total. The minimum absolute atomic E-state index is 0.152. The minimum Gasteiger partial charge on any atom is -0.497 e. The van der Waals surface area contributed by atoms with Gasteiger partial charge >= 0.3 is 0 Å². The molecular formula is C17H22N2O2. The zero-order valence-corrected chi connectivity index (χ0v) is 12.8. The quantitative estimate of drug-likeness (QED) is 0.350. The standard InChI is InChI=1S/C17H22N2O2/c1-5-15(13(3)21-4)12(2)19-11-16(18)17(20)14-9-7-6-8-10-14/h6-11,19H,3,5,18H2,1-2,4H3/b15-12-,16-11-. The number of carbonyl (C=O) groups is 1. The fourth-order valence-corrected chi connectivity index (χ4v) is 1.89. The first-order valence-electron chi connectivity index (χ1n) is 6.76. The van der Waals surface area contributed by atoms with Gasteiger partial charge in [-0.2, -0.15) is 0 Å². The fourth-order valence-electron chi connectivity index (χ4n) is 1.89. The van der Waals surface area contributed by atoms with Crippen molar-refractivity contribution < 1.29 is 9.53 Å². The zero-order chi connectivity index (χ0) is 15.8. The normalized spacial score (nSPS) is 12.4. The van der Waals surface area contributed by atoms with Crippen molar-refractivity contribution in [3.63, 3.8) is 0 Å². The Bertz CT molecular complexity index is 572. The summed E-state index contributed by atoms with van der Waals surface area (Å²) in [7, 11) is 1.58. The summed E-state index contributed by atoms with van der Waals surface area (Å²) in [5.74, 6) is 0.392. The number of ketones is 1. The van der Waals surface area contributed by atoms with Crippen LogP contribution in [0.4, 0.5) is 0 Å². The summed E-state index contributed by atoms with van der Waals surface area (Å²) in [6.45, 7) is 7.73. The van der Waals surface area contributed by atoms with Crippen LogP contribution in [0.3, 0.4) is 0 Å². The van der Waals surface area contributed by atoms with E-state index in [-0.39, 0.29) is 11.5 Å². The van der Waals surface area contributed by atoms with E-state index in [1.54, 1.807) is 31.4 Å². The van der Waals surface area contributed by atoms with Gasteiger partial charge in [0.25, 0.3) is 0 Å². The molecule has 0 aliphatic rings. The molecule has 0 aliphatic heterocycles. The van der Waals surface area contributed by atoms with E-state index >= 15 is 0 Å². The van der Waals surface area contributed by atoms with Crippen LogP contribution in [0.25, 0.3) is 0 Å². The average molecular weight is 286 g/mol. The Hall–Kier alpha value is -2.49. The summed E-state index contributed by atoms with van der Waals surface area (Å²) >= 11 is 0. The molecule has 0 amide bonds. The van der Waals surface area contributed by atoms with Crippen LogP contribution in [0.5, 0.6) is 0 Å². The molecule has 0 aliphatic carbocycles. The Kier molecular flexibility index (Phi) is 6.27. The molecule has 0 radical (unpaired) electrons. The number of benzene rings is 1. The van der Waals surface area contributed by atoms with Crippen molar-refractivity contribution in [1.29, 1.82) is 0 Å². The maximum absolute atomic E-state index is 12.1. The molecule has 0 bridgehead atoms. The largest absolute Gasteiger partial charge is 0.497 e. The van der Waals surface area contributed by atoms with E-state index in [2.05, 4.69) is 11.9 Å². The second-order valence-corrected chi connectivity index (χ2v) is 4.52. The minimum atomic E-state index is -0.209. The molecule has 4 nitrogen and oxygen atoms in total. The van der Waals surface area contributed by atoms with Gasteiger partial charge in [-0.25, -0.2) is 0 Å². The van der Waals surface area contributed by atoms with Gasteiger partial charge in [-0.05, 0) is 13.3 Å². The van der Waals surface area contributed by atoms with Crippen LogP contribution < -0.4 is 11.1 Å². The van der Waals surface area contributed by atoms with Crippen LogP contribution in [0.2, 0.25) is 0 Å². The first kappa shape index (κ1) is 16.6. The van der Waals surface area contributed by atoms with Crippen molar-refractivity contribution in [3.05, 3.63) is 71.4 Å². The molecule has 0 atom stereocenters. The van der Waals surface area contributed by atoms with Crippen LogP contribution in [-0.4, -0.2) is 12.9 Å². The number of methoxy groups -OCH3 is 1. The SMILES string of the molecule is C=C(OC)/C(CC)=C(/C)N/C=C(\N)C(=O)c1ccccc1. The van der Waals surface area contributed by atoms with Gasteiger partial charge in [0.2, 0.25) is 5.78 Å². The fraction of sp³-hybridized carbons (Fsp3) is 0.235. The lowest BCUT2D eigenvalue weighted by Crippen LogP contribution is -2.16. The number of ether oxygens (including phenoxy) is 1. The molecule has 0 unspecified atom stereocenters. The van der Waals surface area contributed by atoms with E-state index in [1.165, 1.54) is 6.20 Å². The van der Waals surface area contributed by atoms with Crippen LogP contribution >= 0.6 is 0 Å². The first-order chi connectivity index (χ1) is 10.0. The van der Waals surface area contributed by atoms with Crippen molar-refractivity contribution >= 4 is 5.78 Å². The van der Waals surface area contributed by atoms with Crippen molar-refractivity contribution in [3.8, 4) is 0 Å². The Morgan fingerprint density at radius 2 is 2.00 bits per heavy atom. The van der Waals surface area contributed by atoms with Crippen LogP contribution in [0, 0.1) is 0 Å². The average Bonchev–Trinajstić information content (AvgIpc) is 2.53. The van der Waals surface area contributed by atoms with Crippen LogP contribution in [0.1, 0.15) is 30.6 Å². The molecular weight excluding hydrogens is 264 g/mol. The number of hydrogen-bond acceptors (Lipinski definition) is 4. The Morgan fingerprint density at radius 3 is 2.52 bits per heavy atom. The topological polar surface area (TPSA) is 64.3 Å². The third-order valence-corrected chi connectivity index (χ3v) is 3.13. The number of nitrogens with two attached hydrogens (primary N) is 1. The molecule has 0 spiro atoms. The van der Waals surface area contributed by atoms with Gasteiger partial charge in [-0.15, -0.1) is 0 Å². The molecule has 0 fully saturated rings. The summed E-state index contributed by atoms with van der Waals surface area (Å²) in [5, 5.41) is 3.03. The Balaban J connectivity index is 2.86. The lowest BCUT2D eigenvalue weighted by molar-refractivity contribution is 0.103. The van der Waals surface area contributed by atoms with E-state index < -0.39 is 0 Å². The van der Waals surface area contributed by atoms with Crippen molar-refractivity contribution in [1.82, 2.24) is 5.32 Å². The zero-order valence-electron chi connectivity index (χ0n) is 12.8. The third-order valence-electron chi connectivity index (χ3n) is 3.13. The number of allylic oxidation sites excluding steroid dienone is 3. The van der Waals surface area contributed by atoms with Gasteiger partial charge in [0.15, 0.2) is 0 Å². The third kappa shape index (κ3) is 4.53. The molecule has 1 aromatic carbocycles. The van der Waals surface area contributed by atoms with Crippen molar-refractivity contribution in [2.24, 2.45) is 5.73 Å². The lowest BCUT2D eigenvalue weighted by atomic mass is 10.1. The molecule has 0 aromatic heterocycles. The number of nitrogens with one attached hydrogen (secondary N) is 1. The summed E-state index contributed by atoms with van der Waals surface area (Å²) in [4.78, 5) is 12.1. The highest BCUT2D eigenvalue weighted by molar-refractivity contribution is 6.07. The maximum Gasteiger partial charge on any atom is 0.210 e. The van der Waals surface area contributed by atoms with E-state index in [1.807, 2.05) is 19.9 Å². The van der Waals surface area contributed by atoms with E-state index in [4.69, 9.17) is 10.5 Å². The smallest absolute Gasteiger partial charge is 0.210 e. The highest BCUT2D eigenvalue weighted by atomic mass is 16.5. The lowest BCUT2D eigenvalue weighted by Gasteiger charge is -2.12. The molecule has 0 saturated heterocycles. The van der Waals surface area contributed by atoms with Gasteiger partial charge in [-0.1, -0.05) is 43.8 Å². The van der Waals surface area contributed by atoms with E-state index in [0.29, 0.717) is 11.3 Å². The summed E-state index contributed by atoms with van der Waals surface area (Å²) in [6.07, 6.45) is 2.27.